The van der Waals surface area contributed by atoms with Gasteiger partial charge in [0.1, 0.15) is 5.00 Å². The summed E-state index contributed by atoms with van der Waals surface area (Å²) in [5.74, 6) is -0.280. The highest BCUT2D eigenvalue weighted by atomic mass is 32.1. The average molecular weight is 421 g/mol. The molecule has 0 spiro atoms. The second-order valence-electron chi connectivity index (χ2n) is 7.07. The first-order chi connectivity index (χ1) is 13.6. The van der Waals surface area contributed by atoms with E-state index in [0.717, 1.165) is 55.0 Å². The molecule has 0 aliphatic heterocycles. The van der Waals surface area contributed by atoms with Gasteiger partial charge in [0.2, 0.25) is 0 Å². The summed E-state index contributed by atoms with van der Waals surface area (Å²) in [5.41, 5.74) is 2.84. The minimum atomic E-state index is -0.280. The van der Waals surface area contributed by atoms with Crippen LogP contribution in [0.5, 0.6) is 0 Å². The lowest BCUT2D eigenvalue weighted by molar-refractivity contribution is 0.0601. The Balaban J connectivity index is 1.61. The van der Waals surface area contributed by atoms with Crippen LogP contribution in [0.4, 0.5) is 5.00 Å². The van der Waals surface area contributed by atoms with Crippen molar-refractivity contribution in [1.29, 1.82) is 0 Å². The molecular weight excluding hydrogens is 392 g/mol. The summed E-state index contributed by atoms with van der Waals surface area (Å²) in [4.78, 5) is 13.7. The molecule has 3 rings (SSSR count). The van der Waals surface area contributed by atoms with Crippen LogP contribution in [0.1, 0.15) is 58.6 Å². The fraction of sp³-hybridized carbons (Fsp3) is 0.550. The third kappa shape index (κ3) is 5.32. The van der Waals surface area contributed by atoms with E-state index in [9.17, 15) is 4.79 Å². The van der Waals surface area contributed by atoms with Crippen LogP contribution in [0, 0.1) is 6.92 Å². The Hall–Kier alpha value is -1.93. The van der Waals surface area contributed by atoms with Crippen LogP contribution in [0.3, 0.4) is 0 Å². The third-order valence-electron chi connectivity index (χ3n) is 4.91. The number of thiocarbonyl (C=S) groups is 1. The molecule has 0 amide bonds. The molecule has 28 heavy (non-hydrogen) atoms. The molecule has 0 saturated heterocycles. The van der Waals surface area contributed by atoms with Crippen LogP contribution < -0.4 is 10.6 Å². The number of fused-ring (bicyclic) bond motifs is 1. The molecule has 0 bridgehead atoms. The van der Waals surface area contributed by atoms with E-state index in [1.54, 1.807) is 11.3 Å². The van der Waals surface area contributed by atoms with E-state index in [1.807, 2.05) is 23.9 Å². The van der Waals surface area contributed by atoms with Crippen molar-refractivity contribution in [3.63, 3.8) is 0 Å². The molecule has 0 atom stereocenters. The predicted molar refractivity (Wildman–Crippen MR) is 117 cm³/mol. The maximum atomic E-state index is 12.4. The largest absolute Gasteiger partial charge is 0.465 e. The molecule has 152 valence electrons. The number of nitrogens with one attached hydrogen (secondary N) is 2. The number of carbonyl (C=O) groups is 1. The highest BCUT2D eigenvalue weighted by Crippen LogP contribution is 2.37. The lowest BCUT2D eigenvalue weighted by Gasteiger charge is -2.12. The van der Waals surface area contributed by atoms with E-state index in [-0.39, 0.29) is 5.97 Å². The van der Waals surface area contributed by atoms with Gasteiger partial charge in [0.25, 0.3) is 0 Å². The number of esters is 1. The topological polar surface area (TPSA) is 68.2 Å². The van der Waals surface area contributed by atoms with Crippen molar-refractivity contribution in [3.05, 3.63) is 34.0 Å². The molecule has 2 heterocycles. The van der Waals surface area contributed by atoms with Gasteiger partial charge in [0.15, 0.2) is 5.11 Å². The van der Waals surface area contributed by atoms with Gasteiger partial charge in [-0.3, -0.25) is 4.68 Å². The Kier molecular flexibility index (Phi) is 7.44. The Labute approximate surface area is 175 Å². The van der Waals surface area contributed by atoms with E-state index in [0.29, 0.717) is 10.7 Å². The van der Waals surface area contributed by atoms with Crippen molar-refractivity contribution < 1.29 is 9.53 Å². The summed E-state index contributed by atoms with van der Waals surface area (Å²) in [6.07, 6.45) is 9.60. The van der Waals surface area contributed by atoms with Crippen molar-refractivity contribution in [2.45, 2.75) is 58.4 Å². The SMILES string of the molecule is COC(=O)c1c(NC(=S)NCCCn2ccc(C)n2)sc2c1CCCCCC2. The van der Waals surface area contributed by atoms with Crippen LogP contribution in [0.25, 0.3) is 0 Å². The fourth-order valence-electron chi connectivity index (χ4n) is 3.50. The first kappa shape index (κ1) is 20.8. The van der Waals surface area contributed by atoms with Crippen LogP contribution >= 0.6 is 23.6 Å². The first-order valence-electron chi connectivity index (χ1n) is 9.86. The van der Waals surface area contributed by atoms with Gasteiger partial charge >= 0.3 is 5.97 Å². The predicted octanol–water partition coefficient (Wildman–Crippen LogP) is 4.08. The molecule has 6 nitrogen and oxygen atoms in total. The van der Waals surface area contributed by atoms with E-state index in [1.165, 1.54) is 31.2 Å². The van der Waals surface area contributed by atoms with Gasteiger partial charge in [-0.05, 0) is 62.9 Å². The first-order valence-corrected chi connectivity index (χ1v) is 11.1. The van der Waals surface area contributed by atoms with E-state index < -0.39 is 0 Å². The maximum absolute atomic E-state index is 12.4. The molecule has 0 saturated carbocycles. The van der Waals surface area contributed by atoms with E-state index in [2.05, 4.69) is 15.7 Å². The number of hydrogen-bond acceptors (Lipinski definition) is 5. The average Bonchev–Trinajstić information content (AvgIpc) is 3.21. The number of thiophene rings is 1. The fourth-order valence-corrected chi connectivity index (χ4v) is 5.05. The second kappa shape index (κ2) is 10.0. The van der Waals surface area contributed by atoms with Gasteiger partial charge in [-0.15, -0.1) is 11.3 Å². The number of anilines is 1. The monoisotopic (exact) mass is 420 g/mol. The molecule has 0 aromatic carbocycles. The smallest absolute Gasteiger partial charge is 0.341 e. The number of methoxy groups -OCH3 is 1. The Morgan fingerprint density at radius 2 is 2.11 bits per heavy atom. The lowest BCUT2D eigenvalue weighted by Crippen LogP contribution is -2.30. The number of ether oxygens (including phenoxy) is 1. The van der Waals surface area contributed by atoms with Crippen molar-refractivity contribution in [3.8, 4) is 0 Å². The van der Waals surface area contributed by atoms with Crippen molar-refractivity contribution in [2.75, 3.05) is 19.0 Å². The van der Waals surface area contributed by atoms with Crippen LogP contribution in [0.2, 0.25) is 0 Å². The summed E-state index contributed by atoms with van der Waals surface area (Å²) in [5, 5.41) is 12.2. The molecule has 0 radical (unpaired) electrons. The summed E-state index contributed by atoms with van der Waals surface area (Å²) >= 11 is 7.10. The molecule has 0 unspecified atom stereocenters. The van der Waals surface area contributed by atoms with Gasteiger partial charge in [-0.25, -0.2) is 4.79 Å². The standard InChI is InChI=1S/C20H28N4O2S2/c1-14-10-13-24(23-14)12-7-11-21-20(27)22-18-17(19(25)26-2)15-8-5-3-4-6-9-16(15)28-18/h10,13H,3-9,11-12H2,1-2H3,(H2,21,22,27). The lowest BCUT2D eigenvalue weighted by atomic mass is 9.96. The molecular formula is C20H28N4O2S2. The van der Waals surface area contributed by atoms with Crippen molar-refractivity contribution >= 4 is 39.6 Å². The van der Waals surface area contributed by atoms with Gasteiger partial charge in [0.05, 0.1) is 18.4 Å². The highest BCUT2D eigenvalue weighted by Gasteiger charge is 2.25. The van der Waals surface area contributed by atoms with Crippen molar-refractivity contribution in [1.82, 2.24) is 15.1 Å². The maximum Gasteiger partial charge on any atom is 0.341 e. The second-order valence-corrected chi connectivity index (χ2v) is 8.58. The summed E-state index contributed by atoms with van der Waals surface area (Å²) in [6.45, 7) is 3.56. The minimum Gasteiger partial charge on any atom is -0.465 e. The van der Waals surface area contributed by atoms with E-state index >= 15 is 0 Å². The molecule has 1 aliphatic carbocycles. The third-order valence-corrected chi connectivity index (χ3v) is 6.37. The van der Waals surface area contributed by atoms with Crippen LogP contribution in [0.15, 0.2) is 12.3 Å². The molecule has 8 heteroatoms. The highest BCUT2D eigenvalue weighted by molar-refractivity contribution is 7.80. The number of carbonyl (C=O) groups excluding carboxylic acids is 1. The number of aryl methyl sites for hydroxylation is 3. The number of aromatic nitrogens is 2. The Morgan fingerprint density at radius 1 is 1.32 bits per heavy atom. The molecule has 2 aromatic heterocycles. The zero-order chi connectivity index (χ0) is 19.9. The summed E-state index contributed by atoms with van der Waals surface area (Å²) in [7, 11) is 1.44. The van der Waals surface area contributed by atoms with Gasteiger partial charge in [0, 0.05) is 24.2 Å². The quantitative estimate of drug-likeness (QED) is 0.417. The zero-order valence-electron chi connectivity index (χ0n) is 16.5. The molecule has 2 aromatic rings. The normalized spacial score (nSPS) is 13.9. The van der Waals surface area contributed by atoms with Crippen molar-refractivity contribution in [2.24, 2.45) is 0 Å². The Morgan fingerprint density at radius 3 is 2.82 bits per heavy atom. The van der Waals surface area contributed by atoms with Gasteiger partial charge in [-0.2, -0.15) is 5.10 Å². The van der Waals surface area contributed by atoms with Gasteiger partial charge in [-0.1, -0.05) is 12.8 Å². The number of rotatable bonds is 6. The van der Waals surface area contributed by atoms with Gasteiger partial charge < -0.3 is 15.4 Å². The molecule has 0 fully saturated rings. The molecule has 2 N–H and O–H groups in total. The zero-order valence-corrected chi connectivity index (χ0v) is 18.2. The van der Waals surface area contributed by atoms with Crippen LogP contribution in [-0.4, -0.2) is 34.5 Å². The summed E-state index contributed by atoms with van der Waals surface area (Å²) < 4.78 is 6.99. The molecule has 1 aliphatic rings. The Bertz CT molecular complexity index is 828. The number of hydrogen-bond donors (Lipinski definition) is 2. The minimum absolute atomic E-state index is 0.280. The summed E-state index contributed by atoms with van der Waals surface area (Å²) in [6, 6.07) is 2.00. The number of nitrogens with zero attached hydrogens (tertiary/aromatic N) is 2. The van der Waals surface area contributed by atoms with E-state index in [4.69, 9.17) is 17.0 Å². The van der Waals surface area contributed by atoms with Crippen LogP contribution in [-0.2, 0) is 24.1 Å².